The molecule has 1 saturated heterocycles. The molecular weight excluding hydrogens is 262 g/mol. The van der Waals surface area contributed by atoms with Crippen molar-refractivity contribution in [3.63, 3.8) is 0 Å². The number of piperidine rings is 1. The summed E-state index contributed by atoms with van der Waals surface area (Å²) in [5.41, 5.74) is 7.11. The van der Waals surface area contributed by atoms with E-state index in [9.17, 15) is 4.79 Å². The summed E-state index contributed by atoms with van der Waals surface area (Å²) in [6.07, 6.45) is 2.57. The Morgan fingerprint density at radius 3 is 2.90 bits per heavy atom. The van der Waals surface area contributed by atoms with Crippen LogP contribution in [-0.4, -0.2) is 36.5 Å². The van der Waals surface area contributed by atoms with Crippen molar-refractivity contribution in [1.82, 2.24) is 10.2 Å². The maximum Gasteiger partial charge on any atom is 0.248 e. The van der Waals surface area contributed by atoms with Gasteiger partial charge >= 0.3 is 0 Å². The number of benzene rings is 1. The molecule has 21 heavy (non-hydrogen) atoms. The molecule has 2 rings (SSSR count). The van der Waals surface area contributed by atoms with Crippen molar-refractivity contribution in [2.45, 2.75) is 39.3 Å². The van der Waals surface area contributed by atoms with Gasteiger partial charge in [0.1, 0.15) is 0 Å². The SMILES string of the molecule is CC(C)N(Cc1cccc(C(N)=O)c1)CC1CCCNC1. The Balaban J connectivity index is 2.01. The van der Waals surface area contributed by atoms with E-state index in [1.807, 2.05) is 12.1 Å². The van der Waals surface area contributed by atoms with E-state index in [4.69, 9.17) is 5.73 Å². The average molecular weight is 289 g/mol. The van der Waals surface area contributed by atoms with Gasteiger partial charge in [0.25, 0.3) is 0 Å². The number of hydrogen-bond donors (Lipinski definition) is 2. The molecule has 4 nitrogen and oxygen atoms in total. The third kappa shape index (κ3) is 4.83. The Labute approximate surface area is 127 Å². The zero-order valence-corrected chi connectivity index (χ0v) is 13.1. The average Bonchev–Trinajstić information content (AvgIpc) is 2.48. The monoisotopic (exact) mass is 289 g/mol. The summed E-state index contributed by atoms with van der Waals surface area (Å²) in [4.78, 5) is 13.8. The summed E-state index contributed by atoms with van der Waals surface area (Å²) in [6.45, 7) is 8.70. The van der Waals surface area contributed by atoms with Crippen LogP contribution >= 0.6 is 0 Å². The Kier molecular flexibility index (Phi) is 5.76. The van der Waals surface area contributed by atoms with Gasteiger partial charge < -0.3 is 11.1 Å². The highest BCUT2D eigenvalue weighted by atomic mass is 16.1. The zero-order chi connectivity index (χ0) is 15.2. The minimum Gasteiger partial charge on any atom is -0.366 e. The molecule has 1 unspecified atom stereocenters. The molecule has 1 aliphatic heterocycles. The third-order valence-electron chi connectivity index (χ3n) is 4.22. The third-order valence-corrected chi connectivity index (χ3v) is 4.22. The normalized spacial score (nSPS) is 19.1. The van der Waals surface area contributed by atoms with Crippen LogP contribution in [0.15, 0.2) is 24.3 Å². The van der Waals surface area contributed by atoms with Gasteiger partial charge in [0.15, 0.2) is 0 Å². The predicted molar refractivity (Wildman–Crippen MR) is 86.1 cm³/mol. The molecule has 1 fully saturated rings. The van der Waals surface area contributed by atoms with E-state index < -0.39 is 0 Å². The van der Waals surface area contributed by atoms with E-state index in [0.29, 0.717) is 11.6 Å². The van der Waals surface area contributed by atoms with Crippen LogP contribution in [0.2, 0.25) is 0 Å². The summed E-state index contributed by atoms with van der Waals surface area (Å²) >= 11 is 0. The van der Waals surface area contributed by atoms with Crippen molar-refractivity contribution in [2.75, 3.05) is 19.6 Å². The second kappa shape index (κ2) is 7.57. The molecule has 0 spiro atoms. The molecule has 0 radical (unpaired) electrons. The highest BCUT2D eigenvalue weighted by Gasteiger charge is 2.19. The van der Waals surface area contributed by atoms with Crippen molar-refractivity contribution in [2.24, 2.45) is 11.7 Å². The molecule has 1 heterocycles. The number of nitrogens with two attached hydrogens (primary N) is 1. The Morgan fingerprint density at radius 1 is 1.48 bits per heavy atom. The molecule has 0 aromatic heterocycles. The van der Waals surface area contributed by atoms with Gasteiger partial charge in [-0.05, 0) is 63.4 Å². The highest BCUT2D eigenvalue weighted by molar-refractivity contribution is 5.92. The van der Waals surface area contributed by atoms with Crippen molar-refractivity contribution in [1.29, 1.82) is 0 Å². The lowest BCUT2D eigenvalue weighted by Gasteiger charge is -2.33. The molecule has 1 amide bonds. The van der Waals surface area contributed by atoms with Crippen LogP contribution in [0, 0.1) is 5.92 Å². The van der Waals surface area contributed by atoms with Gasteiger partial charge in [-0.25, -0.2) is 0 Å². The number of amides is 1. The molecule has 1 aromatic rings. The van der Waals surface area contributed by atoms with Crippen LogP contribution in [-0.2, 0) is 6.54 Å². The fourth-order valence-corrected chi connectivity index (χ4v) is 2.93. The standard InChI is InChI=1S/C17H27N3O/c1-13(2)20(12-15-6-4-8-19-10-15)11-14-5-3-7-16(9-14)17(18)21/h3,5,7,9,13,15,19H,4,6,8,10-12H2,1-2H3,(H2,18,21). The summed E-state index contributed by atoms with van der Waals surface area (Å²) in [5, 5.41) is 3.48. The molecule has 0 bridgehead atoms. The number of rotatable bonds is 6. The topological polar surface area (TPSA) is 58.4 Å². The van der Waals surface area contributed by atoms with Gasteiger partial charge in [0, 0.05) is 24.7 Å². The largest absolute Gasteiger partial charge is 0.366 e. The van der Waals surface area contributed by atoms with Gasteiger partial charge in [-0.1, -0.05) is 12.1 Å². The van der Waals surface area contributed by atoms with Gasteiger partial charge in [-0.2, -0.15) is 0 Å². The van der Waals surface area contributed by atoms with Crippen molar-refractivity contribution in [3.05, 3.63) is 35.4 Å². The zero-order valence-electron chi connectivity index (χ0n) is 13.1. The first-order valence-corrected chi connectivity index (χ1v) is 7.89. The quantitative estimate of drug-likeness (QED) is 0.842. The number of carbonyl (C=O) groups excluding carboxylic acids is 1. The highest BCUT2D eigenvalue weighted by Crippen LogP contribution is 2.16. The molecule has 116 valence electrons. The number of nitrogens with one attached hydrogen (secondary N) is 1. The second-order valence-corrected chi connectivity index (χ2v) is 6.30. The molecule has 3 N–H and O–H groups in total. The van der Waals surface area contributed by atoms with Gasteiger partial charge in [-0.3, -0.25) is 9.69 Å². The van der Waals surface area contributed by atoms with Gasteiger partial charge in [0.05, 0.1) is 0 Å². The van der Waals surface area contributed by atoms with Crippen LogP contribution in [0.1, 0.15) is 42.6 Å². The molecule has 0 saturated carbocycles. The minimum absolute atomic E-state index is 0.357. The molecule has 1 aromatic carbocycles. The van der Waals surface area contributed by atoms with Crippen molar-refractivity contribution < 1.29 is 4.79 Å². The van der Waals surface area contributed by atoms with E-state index in [-0.39, 0.29) is 5.91 Å². The lowest BCUT2D eigenvalue weighted by atomic mass is 9.98. The van der Waals surface area contributed by atoms with Crippen LogP contribution in [0.5, 0.6) is 0 Å². The van der Waals surface area contributed by atoms with E-state index in [0.717, 1.165) is 37.7 Å². The van der Waals surface area contributed by atoms with Gasteiger partial charge in [0.2, 0.25) is 5.91 Å². The van der Waals surface area contributed by atoms with Crippen LogP contribution in [0.3, 0.4) is 0 Å². The Hall–Kier alpha value is -1.39. The first kappa shape index (κ1) is 16.0. The van der Waals surface area contributed by atoms with E-state index in [1.165, 1.54) is 12.8 Å². The summed E-state index contributed by atoms with van der Waals surface area (Å²) < 4.78 is 0. The predicted octanol–water partition coefficient (Wildman–Crippen LogP) is 2.00. The summed E-state index contributed by atoms with van der Waals surface area (Å²) in [7, 11) is 0. The Bertz CT molecular complexity index is 467. The molecule has 1 aliphatic rings. The van der Waals surface area contributed by atoms with E-state index >= 15 is 0 Å². The fourth-order valence-electron chi connectivity index (χ4n) is 2.93. The minimum atomic E-state index is -0.357. The second-order valence-electron chi connectivity index (χ2n) is 6.30. The van der Waals surface area contributed by atoms with E-state index in [1.54, 1.807) is 6.07 Å². The first-order chi connectivity index (χ1) is 10.1. The number of nitrogens with zero attached hydrogens (tertiary/aromatic N) is 1. The van der Waals surface area contributed by atoms with Crippen molar-refractivity contribution >= 4 is 5.91 Å². The van der Waals surface area contributed by atoms with Gasteiger partial charge in [-0.15, -0.1) is 0 Å². The molecule has 0 aliphatic carbocycles. The maximum atomic E-state index is 11.3. The summed E-state index contributed by atoms with van der Waals surface area (Å²) in [5.74, 6) is 0.366. The van der Waals surface area contributed by atoms with Crippen LogP contribution in [0.25, 0.3) is 0 Å². The number of hydrogen-bond acceptors (Lipinski definition) is 3. The van der Waals surface area contributed by atoms with Crippen molar-refractivity contribution in [3.8, 4) is 0 Å². The first-order valence-electron chi connectivity index (χ1n) is 7.89. The number of carbonyl (C=O) groups is 1. The number of primary amides is 1. The van der Waals surface area contributed by atoms with Crippen LogP contribution in [0.4, 0.5) is 0 Å². The maximum absolute atomic E-state index is 11.3. The molecule has 4 heteroatoms. The Morgan fingerprint density at radius 2 is 2.29 bits per heavy atom. The lowest BCUT2D eigenvalue weighted by molar-refractivity contribution is 0.1000. The smallest absolute Gasteiger partial charge is 0.248 e. The lowest BCUT2D eigenvalue weighted by Crippen LogP contribution is -2.40. The summed E-state index contributed by atoms with van der Waals surface area (Å²) in [6, 6.07) is 8.16. The fraction of sp³-hybridized carbons (Fsp3) is 0.588. The van der Waals surface area contributed by atoms with Crippen LogP contribution < -0.4 is 11.1 Å². The molecule has 1 atom stereocenters. The van der Waals surface area contributed by atoms with E-state index in [2.05, 4.69) is 30.1 Å². The molecular formula is C17H27N3O.